The van der Waals surface area contributed by atoms with Crippen LogP contribution in [0.15, 0.2) is 18.2 Å². The Labute approximate surface area is 225 Å². The number of hydrogen-bond acceptors (Lipinski definition) is 9. The molecule has 1 unspecified atom stereocenters. The summed E-state index contributed by atoms with van der Waals surface area (Å²) in [5.74, 6) is 0.541. The fraction of sp³-hybridized carbons (Fsp3) is 0.640. The number of nitrogens with zero attached hydrogens (tertiary/aromatic N) is 3. The molecule has 12 heteroatoms. The molecule has 1 aromatic rings. The maximum absolute atomic E-state index is 13.0. The number of carbonyl (C=O) groups is 3. The average molecular weight is 543 g/mol. The van der Waals surface area contributed by atoms with Gasteiger partial charge in [0.25, 0.3) is 0 Å². The van der Waals surface area contributed by atoms with Gasteiger partial charge in [0.2, 0.25) is 5.91 Å². The third-order valence-electron chi connectivity index (χ3n) is 5.27. The van der Waals surface area contributed by atoms with Crippen molar-refractivity contribution in [2.24, 2.45) is 0 Å². The molecular formula is C25H42N4O7S. The Morgan fingerprint density at radius 2 is 1.65 bits per heavy atom. The van der Waals surface area contributed by atoms with Crippen LogP contribution in [0.2, 0.25) is 0 Å². The topological polar surface area (TPSA) is 121 Å². The third kappa shape index (κ3) is 14.1. The number of hydrogen-bond donors (Lipinski definition) is 3. The minimum absolute atomic E-state index is 0.148. The molecule has 0 fully saturated rings. The largest absolute Gasteiger partial charge is 0.506 e. The van der Waals surface area contributed by atoms with Crippen LogP contribution in [0.5, 0.6) is 5.75 Å². The fourth-order valence-corrected chi connectivity index (χ4v) is 3.53. The number of amides is 2. The molecule has 210 valence electrons. The van der Waals surface area contributed by atoms with Gasteiger partial charge in [-0.1, -0.05) is 6.07 Å². The molecule has 1 aromatic carbocycles. The molecule has 0 aromatic heterocycles. The van der Waals surface area contributed by atoms with E-state index in [4.69, 9.17) is 19.3 Å². The van der Waals surface area contributed by atoms with Crippen molar-refractivity contribution in [3.8, 4) is 5.75 Å². The van der Waals surface area contributed by atoms with Crippen LogP contribution >= 0.6 is 12.6 Å². The molecular weight excluding hydrogens is 500 g/mol. The van der Waals surface area contributed by atoms with E-state index in [0.29, 0.717) is 42.3 Å². The Hall–Kier alpha value is -2.54. The Kier molecular flexibility index (Phi) is 15.7. The van der Waals surface area contributed by atoms with E-state index in [9.17, 15) is 14.4 Å². The van der Waals surface area contributed by atoms with Crippen LogP contribution < -0.4 is 10.1 Å². The number of thiol groups is 1. The molecule has 37 heavy (non-hydrogen) atoms. The summed E-state index contributed by atoms with van der Waals surface area (Å²) >= 11 is 4.02. The van der Waals surface area contributed by atoms with E-state index in [0.717, 1.165) is 25.9 Å². The summed E-state index contributed by atoms with van der Waals surface area (Å²) < 4.78 is 16.0. The van der Waals surface area contributed by atoms with Gasteiger partial charge in [0.05, 0.1) is 6.61 Å². The van der Waals surface area contributed by atoms with Gasteiger partial charge >= 0.3 is 12.2 Å². The average Bonchev–Trinajstić information content (AvgIpc) is 2.81. The van der Waals surface area contributed by atoms with Gasteiger partial charge in [0, 0.05) is 25.4 Å². The van der Waals surface area contributed by atoms with Crippen LogP contribution in [-0.2, 0) is 14.3 Å². The molecule has 0 bridgehead atoms. The molecule has 0 heterocycles. The van der Waals surface area contributed by atoms with E-state index in [1.54, 1.807) is 30.0 Å². The van der Waals surface area contributed by atoms with Gasteiger partial charge in [0.15, 0.2) is 6.10 Å². The van der Waals surface area contributed by atoms with Crippen LogP contribution in [0.1, 0.15) is 30.1 Å². The molecule has 0 spiro atoms. The molecule has 0 aliphatic rings. The normalized spacial score (nSPS) is 11.9. The second kappa shape index (κ2) is 17.8. The van der Waals surface area contributed by atoms with Gasteiger partial charge in [0.1, 0.15) is 12.4 Å². The molecule has 0 aliphatic heterocycles. The zero-order chi connectivity index (χ0) is 27.8. The van der Waals surface area contributed by atoms with E-state index in [2.05, 4.69) is 27.7 Å². The number of nitrogens with one attached hydrogen (secondary N) is 1. The van der Waals surface area contributed by atoms with Crippen LogP contribution in [0, 0.1) is 6.92 Å². The van der Waals surface area contributed by atoms with Crippen molar-refractivity contribution < 1.29 is 33.7 Å². The van der Waals surface area contributed by atoms with E-state index >= 15 is 0 Å². The minimum atomic E-state index is -1.47. The summed E-state index contributed by atoms with van der Waals surface area (Å²) in [6.07, 6.45) is -1.20. The number of ether oxygens (including phenoxy) is 3. The monoisotopic (exact) mass is 542 g/mol. The van der Waals surface area contributed by atoms with Gasteiger partial charge in [-0.05, 0) is 84.3 Å². The van der Waals surface area contributed by atoms with Crippen molar-refractivity contribution in [3.05, 3.63) is 29.3 Å². The number of aryl methyl sites for hydroxylation is 1. The van der Waals surface area contributed by atoms with Crippen LogP contribution in [0.4, 0.5) is 9.59 Å². The molecule has 2 N–H and O–H groups in total. The molecule has 2 amide bonds. The Bertz CT molecular complexity index is 840. The van der Waals surface area contributed by atoms with E-state index in [-0.39, 0.29) is 19.1 Å². The molecule has 11 nitrogen and oxygen atoms in total. The quantitative estimate of drug-likeness (QED) is 0.201. The Morgan fingerprint density at radius 1 is 1.03 bits per heavy atom. The van der Waals surface area contributed by atoms with Crippen molar-refractivity contribution in [2.45, 2.75) is 25.9 Å². The lowest BCUT2D eigenvalue weighted by atomic mass is 10.1. The van der Waals surface area contributed by atoms with Crippen LogP contribution in [0.25, 0.3) is 0 Å². The summed E-state index contributed by atoms with van der Waals surface area (Å²) in [5.41, 5.74) is 1.15. The number of benzene rings is 1. The van der Waals surface area contributed by atoms with Gasteiger partial charge in [-0.2, -0.15) is 12.6 Å². The van der Waals surface area contributed by atoms with Gasteiger partial charge in [-0.15, -0.1) is 0 Å². The highest BCUT2D eigenvalue weighted by Crippen LogP contribution is 2.26. The van der Waals surface area contributed by atoms with Crippen molar-refractivity contribution >= 4 is 30.8 Å². The molecule has 0 aliphatic carbocycles. The first-order valence-corrected chi connectivity index (χ1v) is 12.9. The van der Waals surface area contributed by atoms with Crippen LogP contribution in [0.3, 0.4) is 0 Å². The maximum Gasteiger partial charge on any atom is 0.506 e. The summed E-state index contributed by atoms with van der Waals surface area (Å²) in [7, 11) is 7.96. The Morgan fingerprint density at radius 3 is 2.16 bits per heavy atom. The smallest absolute Gasteiger partial charge is 0.450 e. The van der Waals surface area contributed by atoms with Gasteiger partial charge in [-0.25, -0.2) is 9.59 Å². The highest BCUT2D eigenvalue weighted by atomic mass is 32.1. The summed E-state index contributed by atoms with van der Waals surface area (Å²) in [4.78, 5) is 41.7. The molecule has 0 radical (unpaired) electrons. The maximum atomic E-state index is 13.0. The fourth-order valence-electron chi connectivity index (χ4n) is 3.42. The molecule has 0 saturated carbocycles. The predicted molar refractivity (Wildman–Crippen MR) is 145 cm³/mol. The second-order valence-corrected chi connectivity index (χ2v) is 9.60. The zero-order valence-electron chi connectivity index (χ0n) is 22.6. The lowest BCUT2D eigenvalue weighted by Crippen LogP contribution is -2.37. The first-order valence-electron chi connectivity index (χ1n) is 12.2. The molecule has 1 atom stereocenters. The van der Waals surface area contributed by atoms with Gasteiger partial charge < -0.3 is 39.3 Å². The lowest BCUT2D eigenvalue weighted by molar-refractivity contribution is -0.126. The SMILES string of the molecule is Cc1cc(C(COCC(=O)NCCS)OC(=O)O)ccc1OC(=O)N(CCCN(C)C)CCCN(C)C. The second-order valence-electron chi connectivity index (χ2n) is 9.15. The standard InChI is InChI=1S/C25H42N4O7S/c1-19-16-20(22(36-25(32)33)17-34-18-23(30)26-10-15-37)8-9-21(19)35-24(31)29(13-6-11-27(2)3)14-7-12-28(4)5/h8-9,16,22,37H,6-7,10-15,17-18H2,1-5H3,(H,26,30)(H,32,33). The van der Waals surface area contributed by atoms with E-state index in [1.807, 2.05) is 28.2 Å². The van der Waals surface area contributed by atoms with E-state index in [1.165, 1.54) is 0 Å². The van der Waals surface area contributed by atoms with Crippen LogP contribution in [-0.4, -0.2) is 118 Å². The number of carbonyl (C=O) groups excluding carboxylic acids is 2. The summed E-state index contributed by atoms with van der Waals surface area (Å²) in [6.45, 7) is 4.65. The third-order valence-corrected chi connectivity index (χ3v) is 5.50. The van der Waals surface area contributed by atoms with E-state index < -0.39 is 18.4 Å². The van der Waals surface area contributed by atoms with Crippen molar-refractivity contribution in [3.63, 3.8) is 0 Å². The molecule has 1 rings (SSSR count). The van der Waals surface area contributed by atoms with Crippen molar-refractivity contribution in [2.75, 3.05) is 79.9 Å². The molecule has 0 saturated heterocycles. The Balaban J connectivity index is 2.86. The van der Waals surface area contributed by atoms with Crippen molar-refractivity contribution in [1.29, 1.82) is 0 Å². The van der Waals surface area contributed by atoms with Crippen molar-refractivity contribution in [1.82, 2.24) is 20.0 Å². The summed E-state index contributed by atoms with van der Waals surface area (Å²) in [5, 5.41) is 11.7. The highest BCUT2D eigenvalue weighted by Gasteiger charge is 2.21. The van der Waals surface area contributed by atoms with Gasteiger partial charge in [-0.3, -0.25) is 4.79 Å². The lowest BCUT2D eigenvalue weighted by Gasteiger charge is -2.24. The zero-order valence-corrected chi connectivity index (χ0v) is 23.5. The minimum Gasteiger partial charge on any atom is -0.450 e. The first-order chi connectivity index (χ1) is 17.5. The highest BCUT2D eigenvalue weighted by molar-refractivity contribution is 7.80. The predicted octanol–water partition coefficient (Wildman–Crippen LogP) is 2.50. The first kappa shape index (κ1) is 32.5. The summed E-state index contributed by atoms with van der Waals surface area (Å²) in [6, 6.07) is 4.91. The number of rotatable bonds is 17. The number of carboxylic acid groups (broad SMARTS) is 1.